The predicted octanol–water partition coefficient (Wildman–Crippen LogP) is 1.87. The number of hydrogen-bond acceptors (Lipinski definition) is 1. The smallest absolute Gasteiger partial charge is 0.123 e. The van der Waals surface area contributed by atoms with Crippen LogP contribution in [0.1, 0.15) is 5.56 Å². The Hall–Kier alpha value is -1.64. The standard InChI is InChI=1S/C10H8FN2/c11-10-3-1-9(2-4-10)7-13-6-5-12-8-13/h1-4,6,8H,7H2. The van der Waals surface area contributed by atoms with Crippen molar-refractivity contribution in [3.05, 3.63) is 54.4 Å². The van der Waals surface area contributed by atoms with E-state index in [1.54, 1.807) is 24.7 Å². The fourth-order valence-corrected chi connectivity index (χ4v) is 1.14. The molecule has 0 N–H and O–H groups in total. The molecule has 0 unspecified atom stereocenters. The summed E-state index contributed by atoms with van der Waals surface area (Å²) in [5.41, 5.74) is 1.05. The number of rotatable bonds is 2. The summed E-state index contributed by atoms with van der Waals surface area (Å²) in [6, 6.07) is 6.43. The summed E-state index contributed by atoms with van der Waals surface area (Å²) < 4.78 is 14.4. The van der Waals surface area contributed by atoms with Crippen LogP contribution in [0.25, 0.3) is 0 Å². The summed E-state index contributed by atoms with van der Waals surface area (Å²) in [6.07, 6.45) is 6.14. The Bertz CT molecular complexity index is 364. The first-order chi connectivity index (χ1) is 6.34. The van der Waals surface area contributed by atoms with Gasteiger partial charge in [0, 0.05) is 12.7 Å². The fourth-order valence-electron chi connectivity index (χ4n) is 1.14. The van der Waals surface area contributed by atoms with Crippen molar-refractivity contribution in [3.8, 4) is 0 Å². The van der Waals surface area contributed by atoms with E-state index in [4.69, 9.17) is 0 Å². The highest BCUT2D eigenvalue weighted by Crippen LogP contribution is 2.04. The predicted molar refractivity (Wildman–Crippen MR) is 46.6 cm³/mol. The number of benzene rings is 1. The van der Waals surface area contributed by atoms with Gasteiger partial charge in [-0.15, -0.1) is 0 Å². The van der Waals surface area contributed by atoms with Crippen LogP contribution in [-0.4, -0.2) is 9.55 Å². The molecule has 2 rings (SSSR count). The molecule has 0 saturated carbocycles. The maximum Gasteiger partial charge on any atom is 0.123 e. The third-order valence-corrected chi connectivity index (χ3v) is 1.78. The lowest BCUT2D eigenvalue weighted by Gasteiger charge is -2.01. The van der Waals surface area contributed by atoms with Crippen molar-refractivity contribution in [2.75, 3.05) is 0 Å². The number of hydrogen-bond donors (Lipinski definition) is 0. The molecule has 1 radical (unpaired) electrons. The Morgan fingerprint density at radius 1 is 1.31 bits per heavy atom. The summed E-state index contributed by atoms with van der Waals surface area (Å²) >= 11 is 0. The van der Waals surface area contributed by atoms with Gasteiger partial charge in [-0.2, -0.15) is 0 Å². The Morgan fingerprint density at radius 3 is 2.69 bits per heavy atom. The van der Waals surface area contributed by atoms with Crippen LogP contribution in [0.3, 0.4) is 0 Å². The Balaban J connectivity index is 2.15. The van der Waals surface area contributed by atoms with Gasteiger partial charge < -0.3 is 4.57 Å². The van der Waals surface area contributed by atoms with E-state index >= 15 is 0 Å². The molecule has 0 spiro atoms. The van der Waals surface area contributed by atoms with E-state index < -0.39 is 0 Å². The van der Waals surface area contributed by atoms with E-state index in [0.717, 1.165) is 5.56 Å². The van der Waals surface area contributed by atoms with Crippen molar-refractivity contribution >= 4 is 0 Å². The molecule has 1 aromatic heterocycles. The van der Waals surface area contributed by atoms with Gasteiger partial charge in [-0.05, 0) is 17.7 Å². The number of halogens is 1. The van der Waals surface area contributed by atoms with Crippen molar-refractivity contribution < 1.29 is 4.39 Å². The van der Waals surface area contributed by atoms with Crippen LogP contribution in [-0.2, 0) is 6.54 Å². The number of nitrogens with zero attached hydrogens (tertiary/aromatic N) is 2. The first kappa shape index (κ1) is 7.98. The molecule has 0 bridgehead atoms. The molecular formula is C10H8FN2. The summed E-state index contributed by atoms with van der Waals surface area (Å²) in [5, 5.41) is 0. The lowest BCUT2D eigenvalue weighted by molar-refractivity contribution is 0.626. The highest BCUT2D eigenvalue weighted by atomic mass is 19.1. The number of imidazole rings is 1. The van der Waals surface area contributed by atoms with Crippen molar-refractivity contribution in [2.24, 2.45) is 0 Å². The molecule has 0 amide bonds. The second-order valence-electron chi connectivity index (χ2n) is 2.80. The molecule has 0 saturated heterocycles. The Morgan fingerprint density at radius 2 is 2.08 bits per heavy atom. The summed E-state index contributed by atoms with van der Waals surface area (Å²) in [7, 11) is 0. The zero-order valence-electron chi connectivity index (χ0n) is 6.94. The van der Waals surface area contributed by atoms with Crippen LogP contribution in [0.5, 0.6) is 0 Å². The zero-order valence-corrected chi connectivity index (χ0v) is 6.94. The van der Waals surface area contributed by atoms with Crippen LogP contribution in [0.4, 0.5) is 4.39 Å². The Kier molecular flexibility index (Phi) is 2.08. The minimum Gasteiger partial charge on any atom is -0.332 e. The van der Waals surface area contributed by atoms with Crippen molar-refractivity contribution in [3.63, 3.8) is 0 Å². The van der Waals surface area contributed by atoms with E-state index in [2.05, 4.69) is 11.2 Å². The molecule has 0 fully saturated rings. The molecule has 13 heavy (non-hydrogen) atoms. The molecule has 65 valence electrons. The van der Waals surface area contributed by atoms with Crippen LogP contribution in [0.15, 0.2) is 36.8 Å². The summed E-state index contributed by atoms with van der Waals surface area (Å²) in [4.78, 5) is 3.80. The molecule has 0 aliphatic heterocycles. The first-order valence-corrected chi connectivity index (χ1v) is 3.97. The number of aromatic nitrogens is 2. The molecule has 3 heteroatoms. The van der Waals surface area contributed by atoms with Crippen LogP contribution < -0.4 is 0 Å². The van der Waals surface area contributed by atoms with Gasteiger partial charge in [0.2, 0.25) is 0 Å². The maximum absolute atomic E-state index is 12.5. The van der Waals surface area contributed by atoms with Crippen LogP contribution >= 0.6 is 0 Å². The van der Waals surface area contributed by atoms with Crippen LogP contribution in [0, 0.1) is 12.0 Å². The summed E-state index contributed by atoms with van der Waals surface area (Å²) in [5.74, 6) is -0.207. The highest BCUT2D eigenvalue weighted by Gasteiger charge is 1.94. The van der Waals surface area contributed by atoms with Gasteiger partial charge in [0.1, 0.15) is 12.0 Å². The van der Waals surface area contributed by atoms with Gasteiger partial charge in [-0.1, -0.05) is 12.1 Å². The van der Waals surface area contributed by atoms with E-state index in [0.29, 0.717) is 6.54 Å². The lowest BCUT2D eigenvalue weighted by Crippen LogP contribution is -1.95. The zero-order chi connectivity index (χ0) is 9.10. The molecule has 2 nitrogen and oxygen atoms in total. The second-order valence-corrected chi connectivity index (χ2v) is 2.80. The second kappa shape index (κ2) is 3.39. The van der Waals surface area contributed by atoms with E-state index in [9.17, 15) is 4.39 Å². The maximum atomic E-state index is 12.5. The van der Waals surface area contributed by atoms with Crippen molar-refractivity contribution in [1.29, 1.82) is 0 Å². The Labute approximate surface area is 75.7 Å². The van der Waals surface area contributed by atoms with Crippen molar-refractivity contribution in [2.45, 2.75) is 6.54 Å². The fraction of sp³-hybridized carbons (Fsp3) is 0.100. The topological polar surface area (TPSA) is 17.8 Å². The van der Waals surface area contributed by atoms with Gasteiger partial charge >= 0.3 is 0 Å². The third-order valence-electron chi connectivity index (χ3n) is 1.78. The highest BCUT2D eigenvalue weighted by molar-refractivity contribution is 5.16. The largest absolute Gasteiger partial charge is 0.332 e. The third kappa shape index (κ3) is 1.93. The van der Waals surface area contributed by atoms with E-state index in [1.165, 1.54) is 12.1 Å². The SMILES string of the molecule is Fc1ccc(Cn2c[c]nc2)cc1. The minimum atomic E-state index is -0.207. The lowest BCUT2D eigenvalue weighted by atomic mass is 10.2. The van der Waals surface area contributed by atoms with Gasteiger partial charge in [-0.25, -0.2) is 9.37 Å². The minimum absolute atomic E-state index is 0.207. The molecule has 2 aromatic rings. The van der Waals surface area contributed by atoms with Gasteiger partial charge in [0.25, 0.3) is 0 Å². The molecule has 0 atom stereocenters. The van der Waals surface area contributed by atoms with Crippen molar-refractivity contribution in [1.82, 2.24) is 9.55 Å². The molecule has 1 heterocycles. The molecule has 0 aliphatic carbocycles. The van der Waals surface area contributed by atoms with Gasteiger partial charge in [0.05, 0.1) is 6.33 Å². The first-order valence-electron chi connectivity index (χ1n) is 3.97. The summed E-state index contributed by atoms with van der Waals surface area (Å²) in [6.45, 7) is 0.705. The quantitative estimate of drug-likeness (QED) is 0.681. The average molecular weight is 175 g/mol. The molecule has 0 aliphatic rings. The van der Waals surface area contributed by atoms with E-state index in [-0.39, 0.29) is 5.82 Å². The monoisotopic (exact) mass is 175 g/mol. The molecule has 1 aromatic carbocycles. The normalized spacial score (nSPS) is 10.2. The molecular weight excluding hydrogens is 167 g/mol. The van der Waals surface area contributed by atoms with Gasteiger partial charge in [0.15, 0.2) is 0 Å². The average Bonchev–Trinajstić information content (AvgIpc) is 2.62. The van der Waals surface area contributed by atoms with E-state index in [1.807, 2.05) is 4.57 Å². The van der Waals surface area contributed by atoms with Gasteiger partial charge in [-0.3, -0.25) is 0 Å². The van der Waals surface area contributed by atoms with Crippen LogP contribution in [0.2, 0.25) is 0 Å².